The van der Waals surface area contributed by atoms with Crippen LogP contribution in [-0.2, 0) is 20.9 Å². The third kappa shape index (κ3) is 7.87. The molecule has 0 heterocycles. The third-order valence-electron chi connectivity index (χ3n) is 4.11. The molecule has 0 saturated heterocycles. The van der Waals surface area contributed by atoms with Gasteiger partial charge in [-0.2, -0.15) is 0 Å². The normalized spacial score (nSPS) is 11.1. The lowest BCUT2D eigenvalue weighted by atomic mass is 10.2. The summed E-state index contributed by atoms with van der Waals surface area (Å²) < 4.78 is 16.8. The van der Waals surface area contributed by atoms with Crippen LogP contribution < -0.4 is 4.74 Å². The molecule has 0 radical (unpaired) electrons. The number of hydrogen-bond donors (Lipinski definition) is 0. The molecule has 0 aliphatic carbocycles. The zero-order chi connectivity index (χ0) is 20.0. The molecule has 0 unspecified atom stereocenters. The molecule has 0 aromatic heterocycles. The van der Waals surface area contributed by atoms with Gasteiger partial charge in [0, 0.05) is 0 Å². The van der Waals surface area contributed by atoms with Crippen molar-refractivity contribution in [3.63, 3.8) is 0 Å². The number of carbonyl (C=O) groups excluding carboxylic acids is 1. The second-order valence-corrected chi connectivity index (χ2v) is 6.54. The molecule has 0 bridgehead atoms. The molecule has 0 N–H and O–H groups in total. The van der Waals surface area contributed by atoms with E-state index < -0.39 is 5.97 Å². The minimum Gasteiger partial charge on any atom is -0.489 e. The number of rotatable bonds is 12. The summed E-state index contributed by atoms with van der Waals surface area (Å²) in [5.41, 5.74) is 1.99. The highest BCUT2D eigenvalue weighted by Gasteiger charge is 2.13. The van der Waals surface area contributed by atoms with Crippen LogP contribution in [0.1, 0.15) is 50.7 Å². The minimum absolute atomic E-state index is 0.252. The van der Waals surface area contributed by atoms with Crippen LogP contribution in [-0.4, -0.2) is 19.2 Å². The molecule has 2 rings (SSSR count). The van der Waals surface area contributed by atoms with Gasteiger partial charge in [-0.1, -0.05) is 69.2 Å². The minimum atomic E-state index is -0.408. The van der Waals surface area contributed by atoms with Crippen molar-refractivity contribution in [3.05, 3.63) is 71.5 Å². The summed E-state index contributed by atoms with van der Waals surface area (Å²) >= 11 is 0. The van der Waals surface area contributed by atoms with E-state index in [2.05, 4.69) is 13.8 Å². The molecule has 0 aliphatic heterocycles. The number of hydrogen-bond acceptors (Lipinski definition) is 4. The van der Waals surface area contributed by atoms with Crippen LogP contribution in [0.25, 0.3) is 6.08 Å². The van der Waals surface area contributed by atoms with E-state index in [0.717, 1.165) is 42.6 Å². The molecule has 150 valence electrons. The molecular weight excluding hydrogens is 352 g/mol. The Hall–Kier alpha value is -2.75. The van der Waals surface area contributed by atoms with Crippen molar-refractivity contribution in [1.82, 2.24) is 0 Å². The molecule has 4 nitrogen and oxygen atoms in total. The van der Waals surface area contributed by atoms with Crippen molar-refractivity contribution in [2.45, 2.75) is 46.1 Å². The standard InChI is InChI=1S/C24H30O4/c1-3-5-16-26-23(24(25)27-17-6-4-2)18-20-12-14-22(15-13-20)28-19-21-10-8-7-9-11-21/h7-15,18H,3-6,16-17,19H2,1-2H3. The van der Waals surface area contributed by atoms with Crippen LogP contribution in [0.15, 0.2) is 60.4 Å². The molecular formula is C24H30O4. The van der Waals surface area contributed by atoms with Gasteiger partial charge >= 0.3 is 5.97 Å². The van der Waals surface area contributed by atoms with Crippen LogP contribution in [0.4, 0.5) is 0 Å². The fourth-order valence-corrected chi connectivity index (χ4v) is 2.42. The van der Waals surface area contributed by atoms with E-state index in [1.165, 1.54) is 0 Å². The van der Waals surface area contributed by atoms with Crippen molar-refractivity contribution in [2.75, 3.05) is 13.2 Å². The number of benzene rings is 2. The van der Waals surface area contributed by atoms with Gasteiger partial charge in [0.05, 0.1) is 13.2 Å². The topological polar surface area (TPSA) is 44.8 Å². The second kappa shape index (κ2) is 12.6. The van der Waals surface area contributed by atoms with E-state index in [0.29, 0.717) is 19.8 Å². The molecule has 4 heteroatoms. The van der Waals surface area contributed by atoms with E-state index >= 15 is 0 Å². The Kier molecular flexibility index (Phi) is 9.70. The van der Waals surface area contributed by atoms with Gasteiger partial charge in [0.25, 0.3) is 0 Å². The van der Waals surface area contributed by atoms with Crippen molar-refractivity contribution in [2.24, 2.45) is 0 Å². The van der Waals surface area contributed by atoms with Crippen molar-refractivity contribution in [1.29, 1.82) is 0 Å². The molecule has 2 aromatic rings. The highest BCUT2D eigenvalue weighted by atomic mass is 16.6. The van der Waals surface area contributed by atoms with Crippen LogP contribution in [0.2, 0.25) is 0 Å². The molecule has 0 fully saturated rings. The molecule has 28 heavy (non-hydrogen) atoms. The first kappa shape index (κ1) is 21.5. The van der Waals surface area contributed by atoms with Crippen LogP contribution in [0.3, 0.4) is 0 Å². The highest BCUT2D eigenvalue weighted by molar-refractivity contribution is 5.91. The smallest absolute Gasteiger partial charge is 0.373 e. The van der Waals surface area contributed by atoms with E-state index in [1.54, 1.807) is 6.08 Å². The van der Waals surface area contributed by atoms with Crippen LogP contribution in [0, 0.1) is 0 Å². The summed E-state index contributed by atoms with van der Waals surface area (Å²) in [4.78, 5) is 12.3. The van der Waals surface area contributed by atoms with E-state index in [1.807, 2.05) is 54.6 Å². The van der Waals surface area contributed by atoms with E-state index in [-0.39, 0.29) is 5.76 Å². The summed E-state index contributed by atoms with van der Waals surface area (Å²) in [7, 11) is 0. The van der Waals surface area contributed by atoms with E-state index in [4.69, 9.17) is 14.2 Å². The SMILES string of the molecule is CCCCOC(=O)C(=Cc1ccc(OCc2ccccc2)cc1)OCCCC. The highest BCUT2D eigenvalue weighted by Crippen LogP contribution is 2.17. The van der Waals surface area contributed by atoms with Crippen molar-refractivity contribution in [3.8, 4) is 5.75 Å². The Bertz CT molecular complexity index is 720. The summed E-state index contributed by atoms with van der Waals surface area (Å²) in [5, 5.41) is 0. The Morgan fingerprint density at radius 2 is 1.50 bits per heavy atom. The predicted octanol–water partition coefficient (Wildman–Crippen LogP) is 5.77. The zero-order valence-corrected chi connectivity index (χ0v) is 16.9. The van der Waals surface area contributed by atoms with Gasteiger partial charge in [-0.25, -0.2) is 4.79 Å². The van der Waals surface area contributed by atoms with Crippen molar-refractivity contribution < 1.29 is 19.0 Å². The number of carbonyl (C=O) groups is 1. The first-order valence-corrected chi connectivity index (χ1v) is 10.0. The van der Waals surface area contributed by atoms with Gasteiger partial charge < -0.3 is 14.2 Å². The fraction of sp³-hybridized carbons (Fsp3) is 0.375. The summed E-state index contributed by atoms with van der Waals surface area (Å²) in [6.07, 6.45) is 5.46. The predicted molar refractivity (Wildman–Crippen MR) is 112 cm³/mol. The van der Waals surface area contributed by atoms with Gasteiger partial charge in [-0.05, 0) is 42.2 Å². The van der Waals surface area contributed by atoms with Gasteiger partial charge in [0.15, 0.2) is 0 Å². The monoisotopic (exact) mass is 382 g/mol. The maximum atomic E-state index is 12.3. The van der Waals surface area contributed by atoms with Gasteiger partial charge in [0.1, 0.15) is 12.4 Å². The molecule has 0 aliphatic rings. The number of ether oxygens (including phenoxy) is 3. The van der Waals surface area contributed by atoms with Gasteiger partial charge in [0.2, 0.25) is 5.76 Å². The van der Waals surface area contributed by atoms with Gasteiger partial charge in [-0.15, -0.1) is 0 Å². The van der Waals surface area contributed by atoms with E-state index in [9.17, 15) is 4.79 Å². The average molecular weight is 383 g/mol. The molecule has 0 spiro atoms. The van der Waals surface area contributed by atoms with Gasteiger partial charge in [-0.3, -0.25) is 0 Å². The Labute approximate surface area is 168 Å². The van der Waals surface area contributed by atoms with Crippen LogP contribution in [0.5, 0.6) is 5.75 Å². The Balaban J connectivity index is 1.99. The lowest BCUT2D eigenvalue weighted by Crippen LogP contribution is -2.12. The Morgan fingerprint density at radius 3 is 2.14 bits per heavy atom. The lowest BCUT2D eigenvalue weighted by Gasteiger charge is -2.11. The summed E-state index contributed by atoms with van der Waals surface area (Å²) in [6.45, 7) is 5.58. The maximum absolute atomic E-state index is 12.3. The molecule has 0 amide bonds. The fourth-order valence-electron chi connectivity index (χ4n) is 2.42. The average Bonchev–Trinajstić information content (AvgIpc) is 2.73. The largest absolute Gasteiger partial charge is 0.489 e. The second-order valence-electron chi connectivity index (χ2n) is 6.54. The summed E-state index contributed by atoms with van der Waals surface area (Å²) in [6, 6.07) is 17.6. The zero-order valence-electron chi connectivity index (χ0n) is 16.9. The van der Waals surface area contributed by atoms with Crippen LogP contribution >= 0.6 is 0 Å². The summed E-state index contributed by atoms with van der Waals surface area (Å²) in [5.74, 6) is 0.622. The lowest BCUT2D eigenvalue weighted by molar-refractivity contribution is -0.143. The maximum Gasteiger partial charge on any atom is 0.373 e. The first-order chi connectivity index (χ1) is 13.7. The molecule has 2 aromatic carbocycles. The Morgan fingerprint density at radius 1 is 0.857 bits per heavy atom. The first-order valence-electron chi connectivity index (χ1n) is 10.0. The number of esters is 1. The third-order valence-corrected chi connectivity index (χ3v) is 4.11. The van der Waals surface area contributed by atoms with Crippen molar-refractivity contribution >= 4 is 12.0 Å². The molecule has 0 atom stereocenters. The number of unbranched alkanes of at least 4 members (excludes halogenated alkanes) is 2. The molecule has 0 saturated carbocycles. The quantitative estimate of drug-likeness (QED) is 0.202.